The molecule has 1 saturated heterocycles. The van der Waals surface area contributed by atoms with E-state index in [0.29, 0.717) is 36.8 Å². The van der Waals surface area contributed by atoms with Gasteiger partial charge in [0.1, 0.15) is 25.0 Å². The van der Waals surface area contributed by atoms with Crippen molar-refractivity contribution in [2.24, 2.45) is 0 Å². The number of amides is 2. The van der Waals surface area contributed by atoms with Crippen LogP contribution in [0.15, 0.2) is 35.4 Å². The number of nitrogens with zero attached hydrogens (tertiary/aromatic N) is 7. The maximum Gasteiger partial charge on any atom is 0.289 e. The lowest BCUT2D eigenvalue weighted by atomic mass is 9.99. The molecule has 1 N–H and O–H groups in total. The molecule has 0 aromatic carbocycles. The van der Waals surface area contributed by atoms with Crippen LogP contribution in [0.1, 0.15) is 65.3 Å². The van der Waals surface area contributed by atoms with Gasteiger partial charge < -0.3 is 14.6 Å². The summed E-state index contributed by atoms with van der Waals surface area (Å²) >= 11 is 0. The van der Waals surface area contributed by atoms with Crippen molar-refractivity contribution in [2.45, 2.75) is 63.7 Å². The van der Waals surface area contributed by atoms with Crippen molar-refractivity contribution in [1.29, 1.82) is 0 Å². The van der Waals surface area contributed by atoms with Crippen LogP contribution < -0.4 is 5.32 Å². The Balaban J connectivity index is 1.19. The first-order chi connectivity index (χ1) is 15.7. The number of carbonyl (C=O) groups is 2. The maximum atomic E-state index is 13.1. The zero-order valence-electron chi connectivity index (χ0n) is 17.8. The number of aromatic nitrogens is 6. The molecule has 3 aromatic rings. The molecule has 0 spiro atoms. The minimum atomic E-state index is -0.173. The molecule has 1 unspecified atom stereocenters. The Hall–Kier alpha value is -3.50. The SMILES string of the molecule is O=C(NC1CC1)c1cn(CCC2CCCCN2C(=O)c2ccc(Cn3cncn3)o2)nn1. The Morgan fingerprint density at radius 1 is 1.16 bits per heavy atom. The van der Waals surface area contributed by atoms with Gasteiger partial charge in [0.15, 0.2) is 11.5 Å². The molecule has 1 aliphatic carbocycles. The van der Waals surface area contributed by atoms with Crippen molar-refractivity contribution in [3.8, 4) is 0 Å². The molecule has 11 nitrogen and oxygen atoms in total. The molecule has 1 aliphatic heterocycles. The minimum Gasteiger partial charge on any atom is -0.454 e. The van der Waals surface area contributed by atoms with Crippen LogP contribution in [0, 0.1) is 0 Å². The molecule has 1 saturated carbocycles. The third kappa shape index (κ3) is 4.71. The first-order valence-corrected chi connectivity index (χ1v) is 11.1. The number of carbonyl (C=O) groups excluding carboxylic acids is 2. The number of piperidine rings is 1. The van der Waals surface area contributed by atoms with Gasteiger partial charge in [-0.1, -0.05) is 5.21 Å². The number of hydrogen-bond donors (Lipinski definition) is 1. The fraction of sp³-hybridized carbons (Fsp3) is 0.524. The highest BCUT2D eigenvalue weighted by Crippen LogP contribution is 2.24. The van der Waals surface area contributed by atoms with Crippen molar-refractivity contribution in [2.75, 3.05) is 6.54 Å². The maximum absolute atomic E-state index is 13.1. The summed E-state index contributed by atoms with van der Waals surface area (Å²) < 4.78 is 9.13. The standard InChI is InChI=1S/C21H26N8O3/c30-20(24-15-4-5-15)18-12-27(26-25-18)10-8-16-3-1-2-9-29(16)21(31)19-7-6-17(32-19)11-28-14-22-13-23-28/h6-7,12-16H,1-5,8-11H2,(H,24,30). The summed E-state index contributed by atoms with van der Waals surface area (Å²) in [5.41, 5.74) is 0.337. The van der Waals surface area contributed by atoms with Crippen LogP contribution in [0.3, 0.4) is 0 Å². The van der Waals surface area contributed by atoms with Gasteiger partial charge in [0.05, 0.1) is 6.20 Å². The molecule has 5 rings (SSSR count). The summed E-state index contributed by atoms with van der Waals surface area (Å²) in [5, 5.41) is 15.1. The summed E-state index contributed by atoms with van der Waals surface area (Å²) in [5.74, 6) is 0.731. The van der Waals surface area contributed by atoms with Crippen LogP contribution in [0.5, 0.6) is 0 Å². The van der Waals surface area contributed by atoms with Crippen LogP contribution in [0.25, 0.3) is 0 Å². The molecule has 0 radical (unpaired) electrons. The second-order valence-electron chi connectivity index (χ2n) is 8.41. The Morgan fingerprint density at radius 2 is 2.06 bits per heavy atom. The topological polar surface area (TPSA) is 124 Å². The molecule has 2 aliphatic rings. The average molecular weight is 438 g/mol. The van der Waals surface area contributed by atoms with Gasteiger partial charge in [-0.25, -0.2) is 9.67 Å². The molecule has 1 atom stereocenters. The van der Waals surface area contributed by atoms with E-state index in [-0.39, 0.29) is 23.9 Å². The molecule has 32 heavy (non-hydrogen) atoms. The molecule has 0 bridgehead atoms. The summed E-state index contributed by atoms with van der Waals surface area (Å²) in [6.07, 6.45) is 10.5. The molecule has 168 valence electrons. The summed E-state index contributed by atoms with van der Waals surface area (Å²) in [6.45, 7) is 1.72. The Kier molecular flexibility index (Phi) is 5.70. The fourth-order valence-electron chi connectivity index (χ4n) is 4.04. The van der Waals surface area contributed by atoms with Crippen molar-refractivity contribution in [3.05, 3.63) is 48.2 Å². The predicted octanol–water partition coefficient (Wildman–Crippen LogP) is 1.49. The quantitative estimate of drug-likeness (QED) is 0.565. The normalized spacial score (nSPS) is 18.6. The number of nitrogens with one attached hydrogen (secondary N) is 1. The lowest BCUT2D eigenvalue weighted by Gasteiger charge is -2.35. The largest absolute Gasteiger partial charge is 0.454 e. The van der Waals surface area contributed by atoms with E-state index in [1.807, 2.05) is 4.90 Å². The summed E-state index contributed by atoms with van der Waals surface area (Å²) in [4.78, 5) is 31.1. The van der Waals surface area contributed by atoms with E-state index in [0.717, 1.165) is 38.5 Å². The highest BCUT2D eigenvalue weighted by molar-refractivity contribution is 5.92. The highest BCUT2D eigenvalue weighted by atomic mass is 16.4. The Bertz CT molecular complexity index is 1070. The number of rotatable bonds is 8. The molecule has 2 amide bonds. The summed E-state index contributed by atoms with van der Waals surface area (Å²) in [6, 6.07) is 3.90. The number of aryl methyl sites for hydroxylation is 1. The van der Waals surface area contributed by atoms with Gasteiger partial charge in [-0.2, -0.15) is 5.10 Å². The molecular weight excluding hydrogens is 412 g/mol. The smallest absolute Gasteiger partial charge is 0.289 e. The monoisotopic (exact) mass is 438 g/mol. The minimum absolute atomic E-state index is 0.0908. The molecule has 3 aromatic heterocycles. The second-order valence-corrected chi connectivity index (χ2v) is 8.41. The van der Waals surface area contributed by atoms with E-state index in [2.05, 4.69) is 25.7 Å². The van der Waals surface area contributed by atoms with Crippen LogP contribution in [-0.2, 0) is 13.1 Å². The van der Waals surface area contributed by atoms with Crippen LogP contribution >= 0.6 is 0 Å². The zero-order valence-corrected chi connectivity index (χ0v) is 17.8. The Morgan fingerprint density at radius 3 is 2.88 bits per heavy atom. The van der Waals surface area contributed by atoms with Crippen molar-refractivity contribution < 1.29 is 14.0 Å². The number of hydrogen-bond acceptors (Lipinski definition) is 7. The predicted molar refractivity (Wildman–Crippen MR) is 112 cm³/mol. The average Bonchev–Trinajstić information content (AvgIpc) is 3.22. The van der Waals surface area contributed by atoms with Gasteiger partial charge in [0, 0.05) is 25.2 Å². The van der Waals surface area contributed by atoms with E-state index in [1.165, 1.54) is 6.33 Å². The van der Waals surface area contributed by atoms with E-state index >= 15 is 0 Å². The van der Waals surface area contributed by atoms with Gasteiger partial charge in [0.25, 0.3) is 11.8 Å². The highest BCUT2D eigenvalue weighted by Gasteiger charge is 2.29. The summed E-state index contributed by atoms with van der Waals surface area (Å²) in [7, 11) is 0. The van der Waals surface area contributed by atoms with E-state index in [4.69, 9.17) is 4.42 Å². The van der Waals surface area contributed by atoms with Gasteiger partial charge >= 0.3 is 0 Å². The Labute approximate surface area is 184 Å². The second kappa shape index (κ2) is 8.93. The first-order valence-electron chi connectivity index (χ1n) is 11.1. The molecule has 11 heteroatoms. The van der Waals surface area contributed by atoms with E-state index in [1.54, 1.807) is 34.0 Å². The van der Waals surface area contributed by atoms with Crippen molar-refractivity contribution in [1.82, 2.24) is 40.0 Å². The van der Waals surface area contributed by atoms with Gasteiger partial charge in [-0.05, 0) is 50.7 Å². The first kappa shape index (κ1) is 20.4. The fourth-order valence-corrected chi connectivity index (χ4v) is 4.04. The third-order valence-electron chi connectivity index (χ3n) is 5.92. The van der Waals surface area contributed by atoms with Crippen LogP contribution in [0.4, 0.5) is 0 Å². The lowest BCUT2D eigenvalue weighted by Crippen LogP contribution is -2.44. The van der Waals surface area contributed by atoms with E-state index < -0.39 is 0 Å². The van der Waals surface area contributed by atoms with Gasteiger partial charge in [-0.15, -0.1) is 5.10 Å². The van der Waals surface area contributed by atoms with Crippen LogP contribution in [0.2, 0.25) is 0 Å². The van der Waals surface area contributed by atoms with Crippen molar-refractivity contribution in [3.63, 3.8) is 0 Å². The molecule has 2 fully saturated rings. The third-order valence-corrected chi connectivity index (χ3v) is 5.92. The molecule has 4 heterocycles. The van der Waals surface area contributed by atoms with Crippen molar-refractivity contribution >= 4 is 11.8 Å². The van der Waals surface area contributed by atoms with Gasteiger partial charge in [-0.3, -0.25) is 14.3 Å². The zero-order chi connectivity index (χ0) is 21.9. The van der Waals surface area contributed by atoms with Gasteiger partial charge in [0.2, 0.25) is 0 Å². The van der Waals surface area contributed by atoms with E-state index in [9.17, 15) is 9.59 Å². The van der Waals surface area contributed by atoms with Crippen LogP contribution in [-0.4, -0.2) is 65.1 Å². The molecular formula is C21H26N8O3. The lowest BCUT2D eigenvalue weighted by molar-refractivity contribution is 0.0559. The number of furan rings is 1. The number of likely N-dealkylation sites (tertiary alicyclic amines) is 1.